The quantitative estimate of drug-likeness (QED) is 0.624. The molecule has 0 radical (unpaired) electrons. The second-order valence-electron chi connectivity index (χ2n) is 5.94. The number of rotatable bonds is 4. The Hall–Kier alpha value is -1.33. The van der Waals surface area contributed by atoms with Crippen molar-refractivity contribution in [1.29, 1.82) is 0 Å². The van der Waals surface area contributed by atoms with E-state index in [9.17, 15) is 4.79 Å². The standard InChI is InChI=1S/C15H21BO4/c1-6-18-13-9-12(8-7-11(13)10-17)16-19-14(2,3)15(4,5)20-16/h7-10H,6H2,1-5H3. The average molecular weight is 276 g/mol. The van der Waals surface area contributed by atoms with Crippen LogP contribution in [-0.2, 0) is 9.31 Å². The van der Waals surface area contributed by atoms with E-state index in [1.165, 1.54) is 0 Å². The van der Waals surface area contributed by atoms with Gasteiger partial charge in [-0.05, 0) is 52.2 Å². The summed E-state index contributed by atoms with van der Waals surface area (Å²) >= 11 is 0. The molecule has 0 N–H and O–H groups in total. The number of carbonyl (C=O) groups excluding carboxylic acids is 1. The summed E-state index contributed by atoms with van der Waals surface area (Å²) in [6.45, 7) is 10.4. The molecule has 1 aromatic rings. The molecule has 108 valence electrons. The Labute approximate surface area is 120 Å². The highest BCUT2D eigenvalue weighted by Crippen LogP contribution is 2.36. The van der Waals surface area contributed by atoms with Crippen molar-refractivity contribution < 1.29 is 18.8 Å². The summed E-state index contributed by atoms with van der Waals surface area (Å²) < 4.78 is 17.5. The molecular formula is C15H21BO4. The first-order valence-electron chi connectivity index (χ1n) is 6.88. The topological polar surface area (TPSA) is 44.8 Å². The first kappa shape index (κ1) is 15.1. The van der Waals surface area contributed by atoms with Crippen LogP contribution in [0, 0.1) is 0 Å². The lowest BCUT2D eigenvalue weighted by Gasteiger charge is -2.32. The van der Waals surface area contributed by atoms with Gasteiger partial charge in [0, 0.05) is 0 Å². The van der Waals surface area contributed by atoms with E-state index in [-0.39, 0.29) is 11.2 Å². The minimum absolute atomic E-state index is 0.382. The number of carbonyl (C=O) groups is 1. The minimum atomic E-state index is -0.445. The minimum Gasteiger partial charge on any atom is -0.493 e. The number of hydrogen-bond donors (Lipinski definition) is 0. The number of benzene rings is 1. The van der Waals surface area contributed by atoms with Crippen LogP contribution < -0.4 is 10.2 Å². The number of aldehydes is 1. The van der Waals surface area contributed by atoms with E-state index in [0.29, 0.717) is 17.9 Å². The van der Waals surface area contributed by atoms with Crippen LogP contribution in [0.15, 0.2) is 18.2 Å². The van der Waals surface area contributed by atoms with E-state index in [1.807, 2.05) is 46.8 Å². The second-order valence-corrected chi connectivity index (χ2v) is 5.94. The van der Waals surface area contributed by atoms with Gasteiger partial charge in [-0.1, -0.05) is 6.07 Å². The van der Waals surface area contributed by atoms with Crippen molar-refractivity contribution in [2.24, 2.45) is 0 Å². The molecule has 1 aliphatic heterocycles. The zero-order valence-electron chi connectivity index (χ0n) is 12.7. The summed E-state index contributed by atoms with van der Waals surface area (Å²) in [6, 6.07) is 5.39. The van der Waals surface area contributed by atoms with Crippen molar-refractivity contribution in [3.05, 3.63) is 23.8 Å². The SMILES string of the molecule is CCOc1cc(B2OC(C)(C)C(C)(C)O2)ccc1C=O. The largest absolute Gasteiger partial charge is 0.494 e. The van der Waals surface area contributed by atoms with Crippen molar-refractivity contribution in [3.8, 4) is 5.75 Å². The van der Waals surface area contributed by atoms with Gasteiger partial charge < -0.3 is 14.0 Å². The van der Waals surface area contributed by atoms with Gasteiger partial charge in [0.2, 0.25) is 0 Å². The van der Waals surface area contributed by atoms with Crippen LogP contribution in [-0.4, -0.2) is 31.2 Å². The third-order valence-corrected chi connectivity index (χ3v) is 3.99. The fourth-order valence-electron chi connectivity index (χ4n) is 2.05. The third kappa shape index (κ3) is 2.60. The molecule has 0 saturated carbocycles. The molecule has 0 amide bonds. The third-order valence-electron chi connectivity index (χ3n) is 3.99. The Kier molecular flexibility index (Phi) is 3.94. The first-order valence-corrected chi connectivity index (χ1v) is 6.88. The smallest absolute Gasteiger partial charge is 0.493 e. The van der Waals surface area contributed by atoms with Crippen molar-refractivity contribution >= 4 is 18.9 Å². The molecule has 0 unspecified atom stereocenters. The van der Waals surface area contributed by atoms with E-state index < -0.39 is 7.12 Å². The lowest BCUT2D eigenvalue weighted by molar-refractivity contribution is 0.00578. The molecule has 1 aliphatic rings. The Bertz CT molecular complexity index is 495. The molecule has 2 rings (SSSR count). The highest BCUT2D eigenvalue weighted by Gasteiger charge is 2.51. The summed E-state index contributed by atoms with van der Waals surface area (Å²) in [7, 11) is -0.445. The van der Waals surface area contributed by atoms with Crippen LogP contribution in [0.3, 0.4) is 0 Å². The summed E-state index contributed by atoms with van der Waals surface area (Å²) in [4.78, 5) is 11.0. The molecule has 5 heteroatoms. The number of hydrogen-bond acceptors (Lipinski definition) is 4. The van der Waals surface area contributed by atoms with Gasteiger partial charge in [0.15, 0.2) is 6.29 Å². The molecule has 0 spiro atoms. The lowest BCUT2D eigenvalue weighted by atomic mass is 9.78. The summed E-state index contributed by atoms with van der Waals surface area (Å²) in [5.74, 6) is 0.565. The molecule has 0 atom stereocenters. The fraction of sp³-hybridized carbons (Fsp3) is 0.533. The van der Waals surface area contributed by atoms with Crippen LogP contribution in [0.2, 0.25) is 0 Å². The average Bonchev–Trinajstić information content (AvgIpc) is 2.59. The molecule has 0 aromatic heterocycles. The Morgan fingerprint density at radius 2 is 1.80 bits per heavy atom. The molecule has 1 saturated heterocycles. The van der Waals surface area contributed by atoms with Gasteiger partial charge in [-0.15, -0.1) is 0 Å². The van der Waals surface area contributed by atoms with E-state index in [2.05, 4.69) is 0 Å². The maximum Gasteiger partial charge on any atom is 0.494 e. The maximum absolute atomic E-state index is 11.0. The summed E-state index contributed by atoms with van der Waals surface area (Å²) in [6.07, 6.45) is 0.791. The Balaban J connectivity index is 2.31. The zero-order valence-corrected chi connectivity index (χ0v) is 12.7. The van der Waals surface area contributed by atoms with Crippen molar-refractivity contribution in [2.75, 3.05) is 6.61 Å². The Morgan fingerprint density at radius 1 is 1.20 bits per heavy atom. The van der Waals surface area contributed by atoms with Crippen molar-refractivity contribution in [3.63, 3.8) is 0 Å². The van der Waals surface area contributed by atoms with Crippen LogP contribution in [0.1, 0.15) is 45.0 Å². The van der Waals surface area contributed by atoms with Crippen LogP contribution in [0.4, 0.5) is 0 Å². The van der Waals surface area contributed by atoms with Crippen molar-refractivity contribution in [1.82, 2.24) is 0 Å². The van der Waals surface area contributed by atoms with Crippen LogP contribution >= 0.6 is 0 Å². The molecule has 0 aliphatic carbocycles. The monoisotopic (exact) mass is 276 g/mol. The molecule has 1 heterocycles. The summed E-state index contributed by atoms with van der Waals surface area (Å²) in [5.41, 5.74) is 0.629. The van der Waals surface area contributed by atoms with Crippen molar-refractivity contribution in [2.45, 2.75) is 45.8 Å². The lowest BCUT2D eigenvalue weighted by Crippen LogP contribution is -2.41. The molecule has 20 heavy (non-hydrogen) atoms. The molecule has 4 nitrogen and oxygen atoms in total. The van der Waals surface area contributed by atoms with Crippen LogP contribution in [0.5, 0.6) is 5.75 Å². The highest BCUT2D eigenvalue weighted by molar-refractivity contribution is 6.62. The summed E-state index contributed by atoms with van der Waals surface area (Å²) in [5, 5.41) is 0. The van der Waals surface area contributed by atoms with E-state index in [1.54, 1.807) is 6.07 Å². The van der Waals surface area contributed by atoms with E-state index in [4.69, 9.17) is 14.0 Å². The zero-order chi connectivity index (χ0) is 15.0. The van der Waals surface area contributed by atoms with Gasteiger partial charge in [-0.2, -0.15) is 0 Å². The molecule has 0 bridgehead atoms. The van der Waals surface area contributed by atoms with E-state index >= 15 is 0 Å². The molecule has 1 fully saturated rings. The molecule has 1 aromatic carbocycles. The molecular weight excluding hydrogens is 255 g/mol. The van der Waals surface area contributed by atoms with Gasteiger partial charge in [0.1, 0.15) is 5.75 Å². The highest BCUT2D eigenvalue weighted by atomic mass is 16.7. The van der Waals surface area contributed by atoms with Gasteiger partial charge in [-0.3, -0.25) is 4.79 Å². The van der Waals surface area contributed by atoms with Gasteiger partial charge >= 0.3 is 7.12 Å². The second kappa shape index (κ2) is 5.22. The number of ether oxygens (including phenoxy) is 1. The van der Waals surface area contributed by atoms with Gasteiger partial charge in [0.25, 0.3) is 0 Å². The first-order chi connectivity index (χ1) is 9.30. The van der Waals surface area contributed by atoms with E-state index in [0.717, 1.165) is 11.7 Å². The van der Waals surface area contributed by atoms with Crippen LogP contribution in [0.25, 0.3) is 0 Å². The predicted octanol–water partition coefficient (Wildman–Crippen LogP) is 2.20. The fourth-order valence-corrected chi connectivity index (χ4v) is 2.05. The maximum atomic E-state index is 11.0. The van der Waals surface area contributed by atoms with Gasteiger partial charge in [-0.25, -0.2) is 0 Å². The van der Waals surface area contributed by atoms with Gasteiger partial charge in [0.05, 0.1) is 23.4 Å². The predicted molar refractivity (Wildman–Crippen MR) is 78.7 cm³/mol. The normalized spacial score (nSPS) is 19.9. The Morgan fingerprint density at radius 3 is 2.30 bits per heavy atom.